The smallest absolute Gasteiger partial charge is 0.265 e. The van der Waals surface area contributed by atoms with Crippen LogP contribution in [0.3, 0.4) is 0 Å². The van der Waals surface area contributed by atoms with Crippen molar-refractivity contribution in [2.75, 3.05) is 5.75 Å². The molecule has 0 aliphatic heterocycles. The molecule has 0 saturated carbocycles. The molecule has 0 saturated heterocycles. The number of aromatic amines is 1. The summed E-state index contributed by atoms with van der Waals surface area (Å²) in [5.41, 5.74) is 3.25. The molecule has 0 aliphatic carbocycles. The Morgan fingerprint density at radius 3 is 2.54 bits per heavy atom. The number of hydrogen-bond acceptors (Lipinski definition) is 3. The third kappa shape index (κ3) is 4.47. The van der Waals surface area contributed by atoms with Gasteiger partial charge in [-0.2, -0.15) is 0 Å². The van der Waals surface area contributed by atoms with Crippen molar-refractivity contribution in [2.24, 2.45) is 0 Å². The Bertz CT molecular complexity index is 1150. The van der Waals surface area contributed by atoms with Gasteiger partial charge in [0.2, 0.25) is 0 Å². The minimum atomic E-state index is -0.0620. The molecule has 1 N–H and O–H groups in total. The maximum Gasteiger partial charge on any atom is 0.265 e. The van der Waals surface area contributed by atoms with Crippen molar-refractivity contribution in [3.05, 3.63) is 104 Å². The van der Waals surface area contributed by atoms with Crippen molar-refractivity contribution in [1.29, 1.82) is 0 Å². The molecule has 0 amide bonds. The predicted molar refractivity (Wildman–Crippen MR) is 125 cm³/mol. The molecule has 0 radical (unpaired) electrons. The molecule has 4 aromatic rings. The maximum atomic E-state index is 12.4. The van der Waals surface area contributed by atoms with Crippen molar-refractivity contribution in [3.8, 4) is 0 Å². The summed E-state index contributed by atoms with van der Waals surface area (Å²) in [6, 6.07) is 25.0. The van der Waals surface area contributed by atoms with E-state index in [1.54, 1.807) is 11.8 Å². The first-order valence-electron chi connectivity index (χ1n) is 9.13. The molecule has 0 atom stereocenters. The van der Waals surface area contributed by atoms with Gasteiger partial charge in [-0.15, -0.1) is 0 Å². The van der Waals surface area contributed by atoms with E-state index in [0.717, 1.165) is 17.9 Å². The lowest BCUT2D eigenvalue weighted by atomic mass is 10.0. The zero-order valence-corrected chi connectivity index (χ0v) is 18.2. The number of rotatable bonds is 6. The van der Waals surface area contributed by atoms with Crippen LogP contribution in [-0.2, 0) is 12.8 Å². The van der Waals surface area contributed by atoms with E-state index >= 15 is 0 Å². The zero-order valence-electron chi connectivity index (χ0n) is 15.2. The van der Waals surface area contributed by atoms with Crippen molar-refractivity contribution in [1.82, 2.24) is 9.97 Å². The Labute approximate surface area is 181 Å². The first-order chi connectivity index (χ1) is 13.7. The highest BCUT2D eigenvalue weighted by Crippen LogP contribution is 2.23. The van der Waals surface area contributed by atoms with Gasteiger partial charge >= 0.3 is 0 Å². The monoisotopic (exact) mass is 498 g/mol. The van der Waals surface area contributed by atoms with Gasteiger partial charge in [-0.05, 0) is 50.9 Å². The van der Waals surface area contributed by atoms with Crippen molar-refractivity contribution < 1.29 is 0 Å². The van der Waals surface area contributed by atoms with Gasteiger partial charge in [-0.25, -0.2) is 4.98 Å². The van der Waals surface area contributed by atoms with Crippen LogP contribution in [0.15, 0.2) is 82.7 Å². The molecule has 0 aliphatic rings. The van der Waals surface area contributed by atoms with Gasteiger partial charge in [0.05, 0.1) is 5.69 Å². The summed E-state index contributed by atoms with van der Waals surface area (Å²) >= 11 is 3.70. The second-order valence-electron chi connectivity index (χ2n) is 6.53. The molecular formula is C23H19IN2OS. The SMILES string of the molecule is O=c1[nH]c(SCCc2ccccc2)nc(Cc2cccc3ccccc23)c1I. The second-order valence-corrected chi connectivity index (χ2v) is 8.69. The van der Waals surface area contributed by atoms with Crippen molar-refractivity contribution in [2.45, 2.75) is 18.0 Å². The average molecular weight is 498 g/mol. The van der Waals surface area contributed by atoms with Crippen LogP contribution in [0.25, 0.3) is 10.8 Å². The summed E-state index contributed by atoms with van der Waals surface area (Å²) in [4.78, 5) is 20.1. The van der Waals surface area contributed by atoms with Gasteiger partial charge < -0.3 is 4.98 Å². The molecule has 0 spiro atoms. The molecule has 3 nitrogen and oxygen atoms in total. The number of thioether (sulfide) groups is 1. The number of benzene rings is 3. The number of aromatic nitrogens is 2. The van der Waals surface area contributed by atoms with E-state index in [0.29, 0.717) is 15.1 Å². The Balaban J connectivity index is 1.56. The molecule has 4 rings (SSSR count). The quantitative estimate of drug-likeness (QED) is 0.218. The van der Waals surface area contributed by atoms with Crippen LogP contribution in [0, 0.1) is 3.57 Å². The topological polar surface area (TPSA) is 45.8 Å². The molecule has 0 bridgehead atoms. The maximum absolute atomic E-state index is 12.4. The summed E-state index contributed by atoms with van der Waals surface area (Å²) in [5.74, 6) is 0.876. The standard InChI is InChI=1S/C23H19IN2OS/c24-21-20(15-18-11-6-10-17-9-4-5-12-19(17)18)25-23(26-22(21)27)28-14-13-16-7-2-1-3-8-16/h1-12H,13-15H2,(H,25,26,27). The van der Waals surface area contributed by atoms with E-state index in [1.807, 2.05) is 30.3 Å². The molecule has 140 valence electrons. The summed E-state index contributed by atoms with van der Waals surface area (Å²) in [6.07, 6.45) is 1.59. The number of nitrogens with one attached hydrogen (secondary N) is 1. The number of hydrogen-bond donors (Lipinski definition) is 1. The fourth-order valence-corrected chi connectivity index (χ4v) is 4.52. The highest BCUT2D eigenvalue weighted by Gasteiger charge is 2.12. The molecule has 1 heterocycles. The summed E-state index contributed by atoms with van der Waals surface area (Å²) < 4.78 is 0.665. The van der Waals surface area contributed by atoms with Crippen LogP contribution in [0.1, 0.15) is 16.8 Å². The zero-order chi connectivity index (χ0) is 19.3. The van der Waals surface area contributed by atoms with E-state index < -0.39 is 0 Å². The van der Waals surface area contributed by atoms with E-state index in [9.17, 15) is 4.79 Å². The molecule has 3 aromatic carbocycles. The Hall–Kier alpha value is -2.12. The molecule has 28 heavy (non-hydrogen) atoms. The van der Waals surface area contributed by atoms with Gasteiger partial charge in [-0.3, -0.25) is 4.79 Å². The predicted octanol–water partition coefficient (Wildman–Crippen LogP) is 5.45. The molecule has 0 unspecified atom stereocenters. The van der Waals surface area contributed by atoms with Crippen LogP contribution in [0.4, 0.5) is 0 Å². The molecule has 1 aromatic heterocycles. The Morgan fingerprint density at radius 1 is 0.929 bits per heavy atom. The Morgan fingerprint density at radius 2 is 1.68 bits per heavy atom. The minimum Gasteiger partial charge on any atom is -0.301 e. The Kier molecular flexibility index (Phi) is 6.12. The molecule has 0 fully saturated rings. The summed E-state index contributed by atoms with van der Waals surface area (Å²) in [6.45, 7) is 0. The first-order valence-corrected chi connectivity index (χ1v) is 11.2. The van der Waals surface area contributed by atoms with Gasteiger partial charge in [0.1, 0.15) is 3.57 Å². The first kappa shape index (κ1) is 19.2. The highest BCUT2D eigenvalue weighted by atomic mass is 127. The number of aryl methyl sites for hydroxylation is 1. The van der Waals surface area contributed by atoms with E-state index in [4.69, 9.17) is 4.98 Å². The minimum absolute atomic E-state index is 0.0620. The lowest BCUT2D eigenvalue weighted by Gasteiger charge is -2.09. The van der Waals surface area contributed by atoms with Gasteiger partial charge in [0.15, 0.2) is 5.16 Å². The average Bonchev–Trinajstić information content (AvgIpc) is 2.73. The van der Waals surface area contributed by atoms with Gasteiger partial charge in [0.25, 0.3) is 5.56 Å². The highest BCUT2D eigenvalue weighted by molar-refractivity contribution is 14.1. The van der Waals surface area contributed by atoms with Crippen molar-refractivity contribution in [3.63, 3.8) is 0 Å². The lowest BCUT2D eigenvalue weighted by molar-refractivity contribution is 0.866. The fraction of sp³-hybridized carbons (Fsp3) is 0.130. The third-order valence-electron chi connectivity index (χ3n) is 4.62. The van der Waals surface area contributed by atoms with Gasteiger partial charge in [0, 0.05) is 12.2 Å². The number of halogens is 1. The number of H-pyrrole nitrogens is 1. The van der Waals surface area contributed by atoms with E-state index in [1.165, 1.54) is 21.9 Å². The van der Waals surface area contributed by atoms with Crippen LogP contribution in [-0.4, -0.2) is 15.7 Å². The van der Waals surface area contributed by atoms with Crippen LogP contribution < -0.4 is 5.56 Å². The van der Waals surface area contributed by atoms with Crippen molar-refractivity contribution >= 4 is 45.1 Å². The number of nitrogens with zero attached hydrogens (tertiary/aromatic N) is 1. The van der Waals surface area contributed by atoms with E-state index in [2.05, 4.69) is 70.0 Å². The molecule has 5 heteroatoms. The van der Waals surface area contributed by atoms with Crippen LogP contribution in [0.2, 0.25) is 0 Å². The number of fused-ring (bicyclic) bond motifs is 1. The summed E-state index contributed by atoms with van der Waals surface area (Å²) in [7, 11) is 0. The van der Waals surface area contributed by atoms with Crippen LogP contribution in [0.5, 0.6) is 0 Å². The summed E-state index contributed by atoms with van der Waals surface area (Å²) in [5, 5.41) is 3.11. The van der Waals surface area contributed by atoms with Gasteiger partial charge in [-0.1, -0.05) is 84.6 Å². The van der Waals surface area contributed by atoms with E-state index in [-0.39, 0.29) is 5.56 Å². The fourth-order valence-electron chi connectivity index (χ4n) is 3.21. The lowest BCUT2D eigenvalue weighted by Crippen LogP contribution is -2.16. The van der Waals surface area contributed by atoms with Crippen LogP contribution >= 0.6 is 34.4 Å². The largest absolute Gasteiger partial charge is 0.301 e. The third-order valence-corrected chi connectivity index (χ3v) is 6.61. The molecular weight excluding hydrogens is 479 g/mol. The normalized spacial score (nSPS) is 11.0. The second kappa shape index (κ2) is 8.92.